The average molecular weight is 343 g/mol. The molecular formula is C13H11ClN2OS3. The normalized spacial score (nSPS) is 11.3. The van der Waals surface area contributed by atoms with Crippen molar-refractivity contribution in [2.24, 2.45) is 0 Å². The molecule has 0 aliphatic heterocycles. The van der Waals surface area contributed by atoms with Crippen LogP contribution < -0.4 is 0 Å². The Balaban J connectivity index is 1.89. The van der Waals surface area contributed by atoms with Crippen LogP contribution in [0.1, 0.15) is 0 Å². The third-order valence-corrected chi connectivity index (χ3v) is 6.00. The number of nitrogens with zero attached hydrogens (tertiary/aromatic N) is 2. The summed E-state index contributed by atoms with van der Waals surface area (Å²) in [7, 11) is 0. The van der Waals surface area contributed by atoms with Gasteiger partial charge >= 0.3 is 0 Å². The summed E-state index contributed by atoms with van der Waals surface area (Å²) in [6.07, 6.45) is 2.08. The van der Waals surface area contributed by atoms with E-state index >= 15 is 0 Å². The van der Waals surface area contributed by atoms with Crippen LogP contribution in [0.25, 0.3) is 20.9 Å². The maximum absolute atomic E-state index is 6.40. The van der Waals surface area contributed by atoms with Crippen LogP contribution in [-0.4, -0.2) is 28.0 Å². The Bertz CT molecular complexity index is 725. The molecule has 7 heteroatoms. The summed E-state index contributed by atoms with van der Waals surface area (Å²) in [5.41, 5.74) is 0. The largest absolute Gasteiger partial charge is 0.410 e. The first-order valence-corrected chi connectivity index (χ1v) is 9.49. The quantitative estimate of drug-likeness (QED) is 0.478. The van der Waals surface area contributed by atoms with Crippen molar-refractivity contribution >= 4 is 56.5 Å². The van der Waals surface area contributed by atoms with Gasteiger partial charge in [-0.3, -0.25) is 0 Å². The molecule has 2 heterocycles. The molecule has 104 valence electrons. The number of rotatable bonds is 5. The Labute approximate surface area is 134 Å². The van der Waals surface area contributed by atoms with Crippen molar-refractivity contribution in [3.8, 4) is 10.8 Å². The summed E-state index contributed by atoms with van der Waals surface area (Å²) < 4.78 is 6.81. The van der Waals surface area contributed by atoms with Crippen LogP contribution >= 0.6 is 46.5 Å². The number of halogens is 1. The molecule has 0 amide bonds. The van der Waals surface area contributed by atoms with E-state index in [2.05, 4.69) is 16.5 Å². The van der Waals surface area contributed by atoms with Crippen LogP contribution in [0.2, 0.25) is 5.02 Å². The number of hydrogen-bond acceptors (Lipinski definition) is 6. The maximum atomic E-state index is 6.40. The zero-order valence-corrected chi connectivity index (χ0v) is 13.8. The first-order chi connectivity index (χ1) is 9.79. The van der Waals surface area contributed by atoms with E-state index in [1.165, 1.54) is 0 Å². The number of aromatic nitrogens is 2. The Morgan fingerprint density at radius 3 is 2.90 bits per heavy atom. The molecule has 3 nitrogen and oxygen atoms in total. The van der Waals surface area contributed by atoms with Gasteiger partial charge in [-0.1, -0.05) is 41.6 Å². The lowest BCUT2D eigenvalue weighted by atomic mass is 10.2. The van der Waals surface area contributed by atoms with Crippen molar-refractivity contribution < 1.29 is 4.42 Å². The van der Waals surface area contributed by atoms with E-state index in [0.29, 0.717) is 16.1 Å². The van der Waals surface area contributed by atoms with Gasteiger partial charge in [-0.25, -0.2) is 0 Å². The molecule has 3 rings (SSSR count). The number of fused-ring (bicyclic) bond motifs is 1. The van der Waals surface area contributed by atoms with E-state index in [1.54, 1.807) is 34.9 Å². The van der Waals surface area contributed by atoms with Crippen LogP contribution in [0.5, 0.6) is 0 Å². The average Bonchev–Trinajstić information content (AvgIpc) is 3.05. The summed E-state index contributed by atoms with van der Waals surface area (Å²) >= 11 is 11.4. The van der Waals surface area contributed by atoms with Gasteiger partial charge in [-0.15, -0.1) is 21.5 Å². The number of hydrogen-bond donors (Lipinski definition) is 0. The number of thiophene rings is 1. The van der Waals surface area contributed by atoms with Crippen LogP contribution in [0.15, 0.2) is 33.9 Å². The summed E-state index contributed by atoms with van der Waals surface area (Å²) in [4.78, 5) is 0.845. The van der Waals surface area contributed by atoms with Crippen molar-refractivity contribution in [3.63, 3.8) is 0 Å². The fourth-order valence-electron chi connectivity index (χ4n) is 1.72. The van der Waals surface area contributed by atoms with Crippen molar-refractivity contribution in [2.45, 2.75) is 5.22 Å². The molecule has 1 aromatic carbocycles. The Morgan fingerprint density at radius 2 is 2.10 bits per heavy atom. The Hall–Kier alpha value is -0.690. The van der Waals surface area contributed by atoms with Gasteiger partial charge in [0.1, 0.15) is 4.88 Å². The third-order valence-electron chi connectivity index (χ3n) is 2.65. The molecule has 0 radical (unpaired) electrons. The Kier molecular flexibility index (Phi) is 4.55. The second-order valence-corrected chi connectivity index (χ2v) is 7.42. The van der Waals surface area contributed by atoms with Gasteiger partial charge < -0.3 is 4.42 Å². The SMILES string of the molecule is CSCCSc1nnc(-c2sc3ccccc3c2Cl)o1. The molecule has 0 atom stereocenters. The van der Waals surface area contributed by atoms with E-state index in [4.69, 9.17) is 16.0 Å². The number of benzene rings is 1. The minimum absolute atomic E-state index is 0.503. The highest BCUT2D eigenvalue weighted by Gasteiger charge is 2.17. The van der Waals surface area contributed by atoms with E-state index in [0.717, 1.165) is 26.5 Å². The molecule has 0 saturated carbocycles. The van der Waals surface area contributed by atoms with E-state index in [1.807, 2.05) is 24.3 Å². The topological polar surface area (TPSA) is 38.9 Å². The highest BCUT2D eigenvalue weighted by Crippen LogP contribution is 2.41. The fraction of sp³-hybridized carbons (Fsp3) is 0.231. The van der Waals surface area contributed by atoms with Crippen LogP contribution in [0, 0.1) is 0 Å². The zero-order valence-electron chi connectivity index (χ0n) is 10.6. The molecular weight excluding hydrogens is 332 g/mol. The van der Waals surface area contributed by atoms with Crippen molar-refractivity contribution in [2.75, 3.05) is 17.8 Å². The van der Waals surface area contributed by atoms with Crippen LogP contribution in [-0.2, 0) is 0 Å². The fourth-order valence-corrected chi connectivity index (χ4v) is 4.57. The minimum Gasteiger partial charge on any atom is -0.410 e. The molecule has 2 aromatic heterocycles. The van der Waals surface area contributed by atoms with Gasteiger partial charge in [0, 0.05) is 21.6 Å². The maximum Gasteiger partial charge on any atom is 0.276 e. The molecule has 20 heavy (non-hydrogen) atoms. The highest BCUT2D eigenvalue weighted by molar-refractivity contribution is 8.02. The van der Waals surface area contributed by atoms with Crippen LogP contribution in [0.3, 0.4) is 0 Å². The second kappa shape index (κ2) is 6.39. The van der Waals surface area contributed by atoms with Crippen LogP contribution in [0.4, 0.5) is 0 Å². The molecule has 0 aliphatic rings. The predicted octanol–water partition coefficient (Wildman–Crippen LogP) is 5.06. The lowest BCUT2D eigenvalue weighted by molar-refractivity contribution is 0.467. The first kappa shape index (κ1) is 14.3. The van der Waals surface area contributed by atoms with Gasteiger partial charge in [0.05, 0.1) is 5.02 Å². The van der Waals surface area contributed by atoms with Gasteiger partial charge in [0.2, 0.25) is 0 Å². The standard InChI is InChI=1S/C13H11ClN2OS3/c1-18-6-7-19-13-16-15-12(17-13)11-10(14)8-4-2-3-5-9(8)20-11/h2-5H,6-7H2,1H3. The van der Waals surface area contributed by atoms with Gasteiger partial charge in [0.15, 0.2) is 0 Å². The van der Waals surface area contributed by atoms with Gasteiger partial charge in [0.25, 0.3) is 11.1 Å². The van der Waals surface area contributed by atoms with Gasteiger partial charge in [-0.05, 0) is 12.3 Å². The van der Waals surface area contributed by atoms with Crippen molar-refractivity contribution in [3.05, 3.63) is 29.3 Å². The highest BCUT2D eigenvalue weighted by atomic mass is 35.5. The summed E-state index contributed by atoms with van der Waals surface area (Å²) in [6.45, 7) is 0. The molecule has 0 saturated heterocycles. The van der Waals surface area contributed by atoms with E-state index in [9.17, 15) is 0 Å². The molecule has 3 aromatic rings. The van der Waals surface area contributed by atoms with E-state index in [-0.39, 0.29) is 0 Å². The van der Waals surface area contributed by atoms with E-state index < -0.39 is 0 Å². The molecule has 0 unspecified atom stereocenters. The molecule has 0 spiro atoms. The molecule has 0 aliphatic carbocycles. The first-order valence-electron chi connectivity index (χ1n) is 5.92. The Morgan fingerprint density at radius 1 is 1.25 bits per heavy atom. The summed E-state index contributed by atoms with van der Waals surface area (Å²) in [5, 5.41) is 10.5. The van der Waals surface area contributed by atoms with Gasteiger partial charge in [-0.2, -0.15) is 11.8 Å². The molecule has 0 fully saturated rings. The monoisotopic (exact) mass is 342 g/mol. The summed E-state index contributed by atoms with van der Waals surface area (Å²) in [5.74, 6) is 2.53. The van der Waals surface area contributed by atoms with Crippen molar-refractivity contribution in [1.82, 2.24) is 10.2 Å². The second-order valence-electron chi connectivity index (χ2n) is 3.96. The zero-order chi connectivity index (χ0) is 13.9. The lowest BCUT2D eigenvalue weighted by Gasteiger charge is -1.92. The summed E-state index contributed by atoms with van der Waals surface area (Å²) in [6, 6.07) is 8.01. The minimum atomic E-state index is 0.503. The number of thioether (sulfide) groups is 2. The lowest BCUT2D eigenvalue weighted by Crippen LogP contribution is -1.81. The third kappa shape index (κ3) is 2.83. The molecule has 0 bridgehead atoms. The predicted molar refractivity (Wildman–Crippen MR) is 89.2 cm³/mol. The molecule has 0 N–H and O–H groups in total. The van der Waals surface area contributed by atoms with Crippen molar-refractivity contribution in [1.29, 1.82) is 0 Å². The smallest absolute Gasteiger partial charge is 0.276 e.